The van der Waals surface area contributed by atoms with Crippen LogP contribution < -0.4 is 10.8 Å². The van der Waals surface area contributed by atoms with Crippen LogP contribution in [0.4, 0.5) is 4.39 Å². The molecule has 0 bridgehead atoms. The zero-order chi connectivity index (χ0) is 20.1. The summed E-state index contributed by atoms with van der Waals surface area (Å²) in [6, 6.07) is 12.3. The molecule has 0 aliphatic carbocycles. The fourth-order valence-corrected chi connectivity index (χ4v) is 1.78. The van der Waals surface area contributed by atoms with Crippen molar-refractivity contribution < 1.29 is 19.2 Å². The summed E-state index contributed by atoms with van der Waals surface area (Å²) in [7, 11) is 1.43. The van der Waals surface area contributed by atoms with E-state index in [1.54, 1.807) is 18.5 Å². The number of amides is 1. The van der Waals surface area contributed by atoms with Crippen molar-refractivity contribution in [3.63, 3.8) is 0 Å². The highest BCUT2D eigenvalue weighted by atomic mass is 19.1. The van der Waals surface area contributed by atoms with Gasteiger partial charge in [-0.3, -0.25) is 9.59 Å². The van der Waals surface area contributed by atoms with Gasteiger partial charge in [0.2, 0.25) is 0 Å². The number of hydrogen-bond donors (Lipinski definition) is 3. The number of aldehydes is 1. The summed E-state index contributed by atoms with van der Waals surface area (Å²) in [6.45, 7) is 7.68. The van der Waals surface area contributed by atoms with Gasteiger partial charge in [0, 0.05) is 18.7 Å². The molecule has 0 aliphatic heterocycles. The van der Waals surface area contributed by atoms with E-state index in [9.17, 15) is 14.0 Å². The van der Waals surface area contributed by atoms with Crippen molar-refractivity contribution in [3.05, 3.63) is 70.5 Å². The van der Waals surface area contributed by atoms with Crippen molar-refractivity contribution in [1.29, 1.82) is 0 Å². The average molecular weight is 362 g/mol. The van der Waals surface area contributed by atoms with Crippen LogP contribution in [0.5, 0.6) is 0 Å². The third-order valence-corrected chi connectivity index (χ3v) is 3.02. The first kappa shape index (κ1) is 23.4. The van der Waals surface area contributed by atoms with E-state index in [4.69, 9.17) is 5.21 Å². The lowest BCUT2D eigenvalue weighted by Crippen LogP contribution is -2.29. The molecule has 2 aromatic rings. The van der Waals surface area contributed by atoms with Gasteiger partial charge in [-0.15, -0.1) is 0 Å². The zero-order valence-corrected chi connectivity index (χ0v) is 15.8. The summed E-state index contributed by atoms with van der Waals surface area (Å²) >= 11 is 0. The van der Waals surface area contributed by atoms with Crippen LogP contribution in [0.3, 0.4) is 0 Å². The van der Waals surface area contributed by atoms with Crippen molar-refractivity contribution in [2.24, 2.45) is 0 Å². The molecule has 0 aliphatic rings. The van der Waals surface area contributed by atoms with Crippen molar-refractivity contribution in [3.8, 4) is 0 Å². The van der Waals surface area contributed by atoms with Gasteiger partial charge in [0.1, 0.15) is 5.82 Å². The van der Waals surface area contributed by atoms with Crippen molar-refractivity contribution >= 4 is 12.2 Å². The molecule has 5 nitrogen and oxygen atoms in total. The topological polar surface area (TPSA) is 78.4 Å². The molecule has 3 N–H and O–H groups in total. The molecule has 0 radical (unpaired) electrons. The lowest BCUT2D eigenvalue weighted by Gasteiger charge is -2.07. The summed E-state index contributed by atoms with van der Waals surface area (Å²) < 4.78 is 12.6. The summed E-state index contributed by atoms with van der Waals surface area (Å²) in [6.07, 6.45) is 0.509. The quantitative estimate of drug-likeness (QED) is 0.575. The van der Waals surface area contributed by atoms with Gasteiger partial charge >= 0.3 is 0 Å². The monoisotopic (exact) mass is 362 g/mol. The summed E-state index contributed by atoms with van der Waals surface area (Å²) in [5, 5.41) is 10.2. The van der Waals surface area contributed by atoms with E-state index in [-0.39, 0.29) is 17.5 Å². The van der Waals surface area contributed by atoms with Crippen LogP contribution >= 0.6 is 0 Å². The van der Waals surface area contributed by atoms with E-state index >= 15 is 0 Å². The largest absolute Gasteiger partial charge is 0.350 e. The average Bonchev–Trinajstić information content (AvgIpc) is 2.56. The summed E-state index contributed by atoms with van der Waals surface area (Å²) in [4.78, 5) is 21.6. The number of halogens is 1. The molecular formula is C20H27FN2O3. The smallest absolute Gasteiger partial charge is 0.251 e. The number of nitrogens with one attached hydrogen (secondary N) is 2. The second-order valence-corrected chi connectivity index (χ2v) is 5.86. The van der Waals surface area contributed by atoms with E-state index in [1.807, 2.05) is 45.0 Å². The van der Waals surface area contributed by atoms with E-state index in [0.29, 0.717) is 6.29 Å². The Bertz CT molecular complexity index is 686. The van der Waals surface area contributed by atoms with Gasteiger partial charge in [-0.1, -0.05) is 23.8 Å². The molecule has 0 heterocycles. The number of aryl methyl sites for hydroxylation is 2. The summed E-state index contributed by atoms with van der Waals surface area (Å²) in [5.74, 6) is -0.454. The molecule has 0 saturated heterocycles. The molecule has 0 aromatic heterocycles. The Hall–Kier alpha value is -2.57. The maximum atomic E-state index is 12.6. The molecule has 0 unspecified atom stereocenters. The van der Waals surface area contributed by atoms with Crippen LogP contribution in [-0.4, -0.2) is 30.5 Å². The fourth-order valence-electron chi connectivity index (χ4n) is 1.78. The molecule has 26 heavy (non-hydrogen) atoms. The van der Waals surface area contributed by atoms with Gasteiger partial charge in [0.05, 0.1) is 5.56 Å². The van der Waals surface area contributed by atoms with E-state index in [0.717, 1.165) is 11.1 Å². The Morgan fingerprint density at radius 3 is 2.00 bits per heavy atom. The molecule has 0 spiro atoms. The van der Waals surface area contributed by atoms with Crippen LogP contribution in [0, 0.1) is 19.7 Å². The predicted octanol–water partition coefficient (Wildman–Crippen LogP) is 3.67. The molecule has 0 atom stereocenters. The van der Waals surface area contributed by atoms with E-state index < -0.39 is 5.82 Å². The van der Waals surface area contributed by atoms with Gasteiger partial charge in [0.25, 0.3) is 5.91 Å². The Morgan fingerprint density at radius 2 is 1.58 bits per heavy atom. The van der Waals surface area contributed by atoms with Crippen LogP contribution in [0.1, 0.15) is 45.7 Å². The lowest BCUT2D eigenvalue weighted by atomic mass is 10.1. The second-order valence-electron chi connectivity index (χ2n) is 5.86. The predicted molar refractivity (Wildman–Crippen MR) is 101 cm³/mol. The minimum atomic E-state index is -0.449. The first-order valence-corrected chi connectivity index (χ1v) is 8.14. The highest BCUT2D eigenvalue weighted by Gasteiger charge is 2.05. The van der Waals surface area contributed by atoms with E-state index in [2.05, 4.69) is 5.32 Å². The summed E-state index contributed by atoms with van der Waals surface area (Å²) in [5.41, 5.74) is 4.58. The number of hydroxylamine groups is 1. The number of hydrogen-bond acceptors (Lipinski definition) is 4. The van der Waals surface area contributed by atoms with E-state index in [1.165, 1.54) is 24.7 Å². The first-order valence-electron chi connectivity index (χ1n) is 8.14. The Balaban J connectivity index is 0.000000428. The third kappa shape index (κ3) is 9.66. The Morgan fingerprint density at radius 1 is 1.08 bits per heavy atom. The van der Waals surface area contributed by atoms with Gasteiger partial charge < -0.3 is 10.5 Å². The van der Waals surface area contributed by atoms with Crippen molar-refractivity contribution in [2.75, 3.05) is 7.05 Å². The van der Waals surface area contributed by atoms with Gasteiger partial charge in [-0.25, -0.2) is 9.87 Å². The maximum Gasteiger partial charge on any atom is 0.251 e. The third-order valence-electron chi connectivity index (χ3n) is 3.02. The minimum absolute atomic E-state index is 0.00463. The molecule has 6 heteroatoms. The van der Waals surface area contributed by atoms with Crippen molar-refractivity contribution in [2.45, 2.75) is 33.7 Å². The minimum Gasteiger partial charge on any atom is -0.350 e. The van der Waals surface area contributed by atoms with Gasteiger partial charge in [-0.05, 0) is 57.5 Å². The molecule has 2 aromatic carbocycles. The number of rotatable bonds is 3. The standard InChI is InChI=1S/C11H15NO.C8H7FO.CH5NO/c1-8(2)12-11(13)10-6-4-9(3)5-7-10;1-6-2-3-7(5-10)8(9)4-6;1-2-3/h4-8H,1-3H3,(H,12,13);2-5H,1H3;2-3H,1H3. The number of carbonyl (C=O) groups is 2. The molecule has 142 valence electrons. The number of benzene rings is 2. The lowest BCUT2D eigenvalue weighted by molar-refractivity contribution is 0.0942. The van der Waals surface area contributed by atoms with Crippen LogP contribution in [0.2, 0.25) is 0 Å². The number of carbonyl (C=O) groups excluding carboxylic acids is 2. The fraction of sp³-hybridized carbons (Fsp3) is 0.300. The van der Waals surface area contributed by atoms with Gasteiger partial charge in [0.15, 0.2) is 6.29 Å². The van der Waals surface area contributed by atoms with Crippen LogP contribution in [0.15, 0.2) is 42.5 Å². The molecule has 2 rings (SSSR count). The molecule has 0 saturated carbocycles. The SMILES string of the molecule is CNO.Cc1ccc(C(=O)NC(C)C)cc1.Cc1ccc(C=O)c(F)c1. The molecule has 1 amide bonds. The Labute approximate surface area is 154 Å². The molecular weight excluding hydrogens is 335 g/mol. The Kier molecular flexibility index (Phi) is 11.5. The van der Waals surface area contributed by atoms with Crippen LogP contribution in [-0.2, 0) is 0 Å². The highest BCUT2D eigenvalue weighted by molar-refractivity contribution is 5.94. The zero-order valence-electron chi connectivity index (χ0n) is 15.8. The van der Waals surface area contributed by atoms with Crippen molar-refractivity contribution in [1.82, 2.24) is 10.8 Å². The second kappa shape index (κ2) is 12.7. The normalized spacial score (nSPS) is 9.38. The van der Waals surface area contributed by atoms with Gasteiger partial charge in [-0.2, -0.15) is 0 Å². The maximum absolute atomic E-state index is 12.6. The molecule has 0 fully saturated rings. The first-order chi connectivity index (χ1) is 12.2. The van der Waals surface area contributed by atoms with Crippen LogP contribution in [0.25, 0.3) is 0 Å². The highest BCUT2D eigenvalue weighted by Crippen LogP contribution is 2.06.